The Labute approximate surface area is 102 Å². The van der Waals surface area contributed by atoms with Crippen molar-refractivity contribution in [3.8, 4) is 0 Å². The van der Waals surface area contributed by atoms with Gasteiger partial charge in [-0.05, 0) is 25.2 Å². The molecule has 1 fully saturated rings. The third-order valence-corrected chi connectivity index (χ3v) is 3.29. The average molecular weight is 243 g/mol. The summed E-state index contributed by atoms with van der Waals surface area (Å²) in [5.41, 5.74) is 0. The Hall–Kier alpha value is -1.10. The van der Waals surface area contributed by atoms with E-state index in [1.165, 1.54) is 0 Å². The fraction of sp³-hybridized carbons (Fsp3) is 0.833. The first-order chi connectivity index (χ1) is 8.15. The van der Waals surface area contributed by atoms with E-state index in [0.717, 1.165) is 19.3 Å². The first kappa shape index (κ1) is 14.0. The summed E-state index contributed by atoms with van der Waals surface area (Å²) in [6.45, 7) is 1.07. The van der Waals surface area contributed by atoms with Gasteiger partial charge in [0.2, 0.25) is 5.91 Å². The predicted molar refractivity (Wildman–Crippen MR) is 62.6 cm³/mol. The maximum atomic E-state index is 11.4. The van der Waals surface area contributed by atoms with Crippen molar-refractivity contribution in [2.45, 2.75) is 32.1 Å². The Morgan fingerprint density at radius 1 is 1.41 bits per heavy atom. The SMILES string of the molecule is COCCCC(=O)NCC1CCCC1C(=O)O. The zero-order valence-corrected chi connectivity index (χ0v) is 10.3. The van der Waals surface area contributed by atoms with Crippen LogP contribution < -0.4 is 5.32 Å². The van der Waals surface area contributed by atoms with Crippen LogP contribution in [0.5, 0.6) is 0 Å². The van der Waals surface area contributed by atoms with E-state index in [1.54, 1.807) is 7.11 Å². The number of methoxy groups -OCH3 is 1. The number of carbonyl (C=O) groups excluding carboxylic acids is 1. The minimum atomic E-state index is -0.735. The highest BCUT2D eigenvalue weighted by molar-refractivity contribution is 5.76. The summed E-state index contributed by atoms with van der Waals surface area (Å²) in [6, 6.07) is 0. The van der Waals surface area contributed by atoms with E-state index < -0.39 is 5.97 Å². The van der Waals surface area contributed by atoms with Gasteiger partial charge < -0.3 is 15.2 Å². The van der Waals surface area contributed by atoms with Crippen molar-refractivity contribution in [1.29, 1.82) is 0 Å². The fourth-order valence-electron chi connectivity index (χ4n) is 2.32. The normalized spacial score (nSPS) is 23.6. The van der Waals surface area contributed by atoms with Gasteiger partial charge in [0.15, 0.2) is 0 Å². The van der Waals surface area contributed by atoms with E-state index in [0.29, 0.717) is 26.0 Å². The Bertz CT molecular complexity index is 267. The molecule has 2 N–H and O–H groups in total. The molecule has 0 radical (unpaired) electrons. The van der Waals surface area contributed by atoms with Gasteiger partial charge in [-0.3, -0.25) is 9.59 Å². The molecule has 5 heteroatoms. The summed E-state index contributed by atoms with van der Waals surface area (Å²) < 4.78 is 4.86. The number of carboxylic acid groups (broad SMARTS) is 1. The number of ether oxygens (including phenoxy) is 1. The van der Waals surface area contributed by atoms with Gasteiger partial charge in [0.1, 0.15) is 0 Å². The summed E-state index contributed by atoms with van der Waals surface area (Å²) in [5, 5.41) is 11.8. The van der Waals surface area contributed by atoms with Crippen molar-refractivity contribution in [2.75, 3.05) is 20.3 Å². The molecule has 1 rings (SSSR count). The van der Waals surface area contributed by atoms with Crippen LogP contribution in [0.1, 0.15) is 32.1 Å². The Balaban J connectivity index is 2.21. The Morgan fingerprint density at radius 2 is 2.18 bits per heavy atom. The van der Waals surface area contributed by atoms with Gasteiger partial charge in [-0.2, -0.15) is 0 Å². The second-order valence-electron chi connectivity index (χ2n) is 4.54. The smallest absolute Gasteiger partial charge is 0.306 e. The number of hydrogen-bond acceptors (Lipinski definition) is 3. The molecule has 1 aliphatic carbocycles. The van der Waals surface area contributed by atoms with Gasteiger partial charge in [-0.1, -0.05) is 6.42 Å². The zero-order chi connectivity index (χ0) is 12.7. The van der Waals surface area contributed by atoms with Crippen LogP contribution in [-0.4, -0.2) is 37.2 Å². The lowest BCUT2D eigenvalue weighted by Gasteiger charge is -2.16. The third-order valence-electron chi connectivity index (χ3n) is 3.29. The number of hydrogen-bond donors (Lipinski definition) is 2. The first-order valence-electron chi connectivity index (χ1n) is 6.13. The molecule has 1 amide bonds. The van der Waals surface area contributed by atoms with Crippen molar-refractivity contribution in [3.63, 3.8) is 0 Å². The lowest BCUT2D eigenvalue weighted by Crippen LogP contribution is -2.33. The Kier molecular flexibility index (Phi) is 5.97. The average Bonchev–Trinajstić information content (AvgIpc) is 2.75. The minimum Gasteiger partial charge on any atom is -0.481 e. The maximum Gasteiger partial charge on any atom is 0.306 e. The molecule has 0 aromatic carbocycles. The van der Waals surface area contributed by atoms with Gasteiger partial charge >= 0.3 is 5.97 Å². The summed E-state index contributed by atoms with van der Waals surface area (Å²) in [6.07, 6.45) is 3.73. The molecule has 0 bridgehead atoms. The van der Waals surface area contributed by atoms with E-state index >= 15 is 0 Å². The van der Waals surface area contributed by atoms with Gasteiger partial charge in [0, 0.05) is 26.7 Å². The monoisotopic (exact) mass is 243 g/mol. The number of carboxylic acids is 1. The number of rotatable bonds is 7. The van der Waals surface area contributed by atoms with Crippen molar-refractivity contribution >= 4 is 11.9 Å². The molecule has 0 aromatic rings. The molecular formula is C12H21NO4. The molecule has 1 saturated carbocycles. The third kappa shape index (κ3) is 4.73. The van der Waals surface area contributed by atoms with Crippen LogP contribution in [0.15, 0.2) is 0 Å². The summed E-state index contributed by atoms with van der Waals surface area (Å²) in [4.78, 5) is 22.4. The minimum absolute atomic E-state index is 0.0157. The second-order valence-corrected chi connectivity index (χ2v) is 4.54. The molecule has 0 spiro atoms. The molecule has 2 unspecified atom stereocenters. The second kappa shape index (κ2) is 7.27. The number of nitrogens with one attached hydrogen (secondary N) is 1. The molecule has 0 saturated heterocycles. The molecule has 98 valence electrons. The van der Waals surface area contributed by atoms with Crippen LogP contribution in [0.3, 0.4) is 0 Å². The number of carbonyl (C=O) groups is 2. The molecule has 2 atom stereocenters. The largest absolute Gasteiger partial charge is 0.481 e. The number of amides is 1. The molecule has 0 heterocycles. The fourth-order valence-corrected chi connectivity index (χ4v) is 2.32. The van der Waals surface area contributed by atoms with E-state index in [9.17, 15) is 9.59 Å². The quantitative estimate of drug-likeness (QED) is 0.655. The highest BCUT2D eigenvalue weighted by Crippen LogP contribution is 2.31. The standard InChI is InChI=1S/C12H21NO4/c1-17-7-3-6-11(14)13-8-9-4-2-5-10(9)12(15)16/h9-10H,2-8H2,1H3,(H,13,14)(H,15,16). The Morgan fingerprint density at radius 3 is 2.82 bits per heavy atom. The van der Waals surface area contributed by atoms with Gasteiger partial charge in [-0.15, -0.1) is 0 Å². The zero-order valence-electron chi connectivity index (χ0n) is 10.3. The summed E-state index contributed by atoms with van der Waals surface area (Å²) in [5.74, 6) is -0.938. The topological polar surface area (TPSA) is 75.6 Å². The van der Waals surface area contributed by atoms with Crippen LogP contribution in [0.25, 0.3) is 0 Å². The molecule has 1 aliphatic rings. The molecular weight excluding hydrogens is 222 g/mol. The van der Waals surface area contributed by atoms with E-state index in [2.05, 4.69) is 5.32 Å². The van der Waals surface area contributed by atoms with Crippen LogP contribution in [0.4, 0.5) is 0 Å². The van der Waals surface area contributed by atoms with Crippen LogP contribution in [-0.2, 0) is 14.3 Å². The van der Waals surface area contributed by atoms with Gasteiger partial charge in [0.25, 0.3) is 0 Å². The van der Waals surface area contributed by atoms with E-state index in [1.807, 2.05) is 0 Å². The van der Waals surface area contributed by atoms with E-state index in [4.69, 9.17) is 9.84 Å². The summed E-state index contributed by atoms with van der Waals surface area (Å²) >= 11 is 0. The highest BCUT2D eigenvalue weighted by atomic mass is 16.5. The van der Waals surface area contributed by atoms with Gasteiger partial charge in [-0.25, -0.2) is 0 Å². The van der Waals surface area contributed by atoms with E-state index in [-0.39, 0.29) is 17.7 Å². The molecule has 17 heavy (non-hydrogen) atoms. The summed E-state index contributed by atoms with van der Waals surface area (Å²) in [7, 11) is 1.61. The van der Waals surface area contributed by atoms with Crippen LogP contribution in [0, 0.1) is 11.8 Å². The molecule has 0 aromatic heterocycles. The molecule has 5 nitrogen and oxygen atoms in total. The predicted octanol–water partition coefficient (Wildman–Crippen LogP) is 1.03. The molecule has 0 aliphatic heterocycles. The van der Waals surface area contributed by atoms with Crippen molar-refractivity contribution in [2.24, 2.45) is 11.8 Å². The highest BCUT2D eigenvalue weighted by Gasteiger charge is 2.32. The lowest BCUT2D eigenvalue weighted by molar-refractivity contribution is -0.143. The van der Waals surface area contributed by atoms with Crippen LogP contribution in [0.2, 0.25) is 0 Å². The van der Waals surface area contributed by atoms with Gasteiger partial charge in [0.05, 0.1) is 5.92 Å². The van der Waals surface area contributed by atoms with Crippen LogP contribution >= 0.6 is 0 Å². The number of aliphatic carboxylic acids is 1. The van der Waals surface area contributed by atoms with Crippen molar-refractivity contribution in [1.82, 2.24) is 5.32 Å². The maximum absolute atomic E-state index is 11.4. The first-order valence-corrected chi connectivity index (χ1v) is 6.13. The van der Waals surface area contributed by atoms with Crippen molar-refractivity contribution < 1.29 is 19.4 Å². The van der Waals surface area contributed by atoms with Crippen molar-refractivity contribution in [3.05, 3.63) is 0 Å². The lowest BCUT2D eigenvalue weighted by atomic mass is 9.96.